The number of hydrogen-bond donors (Lipinski definition) is 0. The molecule has 1 heterocycles. The summed E-state index contributed by atoms with van der Waals surface area (Å²) in [5.41, 5.74) is 3.13. The van der Waals surface area contributed by atoms with Crippen LogP contribution >= 0.6 is 11.8 Å². The molecular weight excluding hydrogens is 366 g/mol. The van der Waals surface area contributed by atoms with E-state index in [0.717, 1.165) is 34.1 Å². The summed E-state index contributed by atoms with van der Waals surface area (Å²) in [7, 11) is 0. The second-order valence-electron chi connectivity index (χ2n) is 8.75. The Morgan fingerprint density at radius 2 is 1.89 bits per heavy atom. The lowest BCUT2D eigenvalue weighted by atomic mass is 9.70. The molecule has 0 amide bonds. The smallest absolute Gasteiger partial charge is 0.209 e. The normalized spacial score (nSPS) is 24.5. The monoisotopic (exact) mass is 389 g/mol. The molecule has 2 aromatic carbocycles. The second-order valence-corrected chi connectivity index (χ2v) is 9.69. The Bertz CT molecular complexity index is 1110. The molecule has 1 saturated carbocycles. The minimum Gasteiger partial charge on any atom is -0.293 e. The number of ketones is 1. The summed E-state index contributed by atoms with van der Waals surface area (Å²) in [4.78, 5) is 17.5. The van der Waals surface area contributed by atoms with E-state index >= 15 is 0 Å². The highest BCUT2D eigenvalue weighted by molar-refractivity contribution is 7.99. The maximum Gasteiger partial charge on any atom is 0.209 e. The predicted molar refractivity (Wildman–Crippen MR) is 112 cm³/mol. The van der Waals surface area contributed by atoms with E-state index in [4.69, 9.17) is 4.98 Å². The summed E-state index contributed by atoms with van der Waals surface area (Å²) >= 11 is 1.39. The highest BCUT2D eigenvalue weighted by atomic mass is 32.2. The van der Waals surface area contributed by atoms with Crippen LogP contribution in [0.3, 0.4) is 0 Å². The van der Waals surface area contributed by atoms with E-state index in [1.807, 2.05) is 36.4 Å². The van der Waals surface area contributed by atoms with E-state index in [0.29, 0.717) is 16.8 Å². The van der Waals surface area contributed by atoms with Gasteiger partial charge in [-0.3, -0.25) is 4.79 Å². The molecular formula is C23H23N3OS. The van der Waals surface area contributed by atoms with Crippen molar-refractivity contribution in [2.45, 2.75) is 50.1 Å². The Kier molecular flexibility index (Phi) is 3.89. The third-order valence-corrected chi connectivity index (χ3v) is 8.01. The summed E-state index contributed by atoms with van der Waals surface area (Å²) in [5.74, 6) is 0.862. The number of fused-ring (bicyclic) bond motifs is 6. The summed E-state index contributed by atoms with van der Waals surface area (Å²) in [6, 6.07) is 13.9. The average Bonchev–Trinajstić information content (AvgIpc) is 3.04. The van der Waals surface area contributed by atoms with Crippen molar-refractivity contribution in [1.29, 1.82) is 0 Å². The van der Waals surface area contributed by atoms with Crippen molar-refractivity contribution in [3.8, 4) is 0 Å². The fraction of sp³-hybridized carbons (Fsp3) is 0.391. The molecule has 5 heteroatoms. The third kappa shape index (κ3) is 2.45. The maximum absolute atomic E-state index is 12.7. The van der Waals surface area contributed by atoms with Crippen molar-refractivity contribution < 1.29 is 4.79 Å². The van der Waals surface area contributed by atoms with Crippen LogP contribution in [0.4, 0.5) is 0 Å². The van der Waals surface area contributed by atoms with E-state index < -0.39 is 0 Å². The van der Waals surface area contributed by atoms with Gasteiger partial charge in [0.2, 0.25) is 5.16 Å². The fourth-order valence-corrected chi connectivity index (χ4v) is 5.68. The standard InChI is InChI=1S/C23H23N3OS/c1-22(2)17-10-11-23(22,3)20-19(17)25-26-21(24-20)28-13-18(27)16-9-8-14-6-4-5-7-15(14)12-16/h4-9,12,17H,10-11,13H2,1-3H3. The van der Waals surface area contributed by atoms with Crippen molar-refractivity contribution in [2.75, 3.05) is 5.75 Å². The quantitative estimate of drug-likeness (QED) is 0.455. The van der Waals surface area contributed by atoms with Crippen LogP contribution in [0.2, 0.25) is 0 Å². The number of aromatic nitrogens is 3. The van der Waals surface area contributed by atoms with E-state index in [2.05, 4.69) is 37.0 Å². The second kappa shape index (κ2) is 6.11. The maximum atomic E-state index is 12.7. The van der Waals surface area contributed by atoms with Crippen LogP contribution in [-0.2, 0) is 5.41 Å². The van der Waals surface area contributed by atoms with Gasteiger partial charge in [0.15, 0.2) is 5.78 Å². The van der Waals surface area contributed by atoms with E-state index in [-0.39, 0.29) is 16.6 Å². The molecule has 2 bridgehead atoms. The predicted octanol–water partition coefficient (Wildman–Crippen LogP) is 5.17. The van der Waals surface area contributed by atoms with Crippen molar-refractivity contribution >= 4 is 28.3 Å². The molecule has 2 unspecified atom stereocenters. The van der Waals surface area contributed by atoms with Gasteiger partial charge in [-0.1, -0.05) is 68.9 Å². The highest BCUT2D eigenvalue weighted by Gasteiger charge is 2.61. The van der Waals surface area contributed by atoms with Gasteiger partial charge in [-0.15, -0.1) is 5.10 Å². The van der Waals surface area contributed by atoms with Crippen LogP contribution in [0, 0.1) is 5.41 Å². The van der Waals surface area contributed by atoms with Gasteiger partial charge in [-0.25, -0.2) is 4.98 Å². The molecule has 0 N–H and O–H groups in total. The van der Waals surface area contributed by atoms with Crippen molar-refractivity contribution in [3.05, 3.63) is 59.4 Å². The molecule has 1 fully saturated rings. The number of rotatable bonds is 4. The summed E-state index contributed by atoms with van der Waals surface area (Å²) in [6.45, 7) is 6.95. The van der Waals surface area contributed by atoms with Crippen LogP contribution in [0.25, 0.3) is 10.8 Å². The van der Waals surface area contributed by atoms with E-state index in [1.165, 1.54) is 18.2 Å². The molecule has 4 nitrogen and oxygen atoms in total. The van der Waals surface area contributed by atoms with Crippen LogP contribution in [-0.4, -0.2) is 26.7 Å². The zero-order chi connectivity index (χ0) is 19.5. The van der Waals surface area contributed by atoms with E-state index in [1.54, 1.807) is 0 Å². The molecule has 1 aromatic heterocycles. The van der Waals surface area contributed by atoms with Gasteiger partial charge in [0.05, 0.1) is 17.1 Å². The van der Waals surface area contributed by atoms with Gasteiger partial charge in [0.25, 0.3) is 0 Å². The number of carbonyl (C=O) groups excluding carboxylic acids is 1. The van der Waals surface area contributed by atoms with Gasteiger partial charge < -0.3 is 0 Å². The summed E-state index contributed by atoms with van der Waals surface area (Å²) < 4.78 is 0. The first kappa shape index (κ1) is 17.8. The molecule has 142 valence electrons. The Labute approximate surface area is 169 Å². The van der Waals surface area contributed by atoms with Gasteiger partial charge in [0, 0.05) is 16.9 Å². The number of nitrogens with zero attached hydrogens (tertiary/aromatic N) is 3. The summed E-state index contributed by atoms with van der Waals surface area (Å²) in [6.07, 6.45) is 2.32. The van der Waals surface area contributed by atoms with Crippen LogP contribution in [0.5, 0.6) is 0 Å². The molecule has 0 saturated heterocycles. The molecule has 2 atom stereocenters. The van der Waals surface area contributed by atoms with Crippen LogP contribution in [0.15, 0.2) is 47.6 Å². The molecule has 5 rings (SSSR count). The van der Waals surface area contributed by atoms with Gasteiger partial charge >= 0.3 is 0 Å². The number of carbonyl (C=O) groups is 1. The third-order valence-electron chi connectivity index (χ3n) is 7.18. The Hall–Kier alpha value is -2.27. The topological polar surface area (TPSA) is 55.7 Å². The Morgan fingerprint density at radius 1 is 1.11 bits per heavy atom. The SMILES string of the molecule is CC12CCC(c3nnc(SCC(=O)c4ccc5ccccc5c4)nc31)C2(C)C. The minimum absolute atomic E-state index is 0.0562. The lowest BCUT2D eigenvalue weighted by Crippen LogP contribution is -2.32. The van der Waals surface area contributed by atoms with Gasteiger partial charge in [-0.2, -0.15) is 5.10 Å². The zero-order valence-corrected chi connectivity index (χ0v) is 17.2. The van der Waals surface area contributed by atoms with Crippen molar-refractivity contribution in [1.82, 2.24) is 15.2 Å². The number of thioether (sulfide) groups is 1. The minimum atomic E-state index is 0.0562. The lowest BCUT2D eigenvalue weighted by molar-refractivity contribution is 0.102. The van der Waals surface area contributed by atoms with Crippen molar-refractivity contribution in [3.63, 3.8) is 0 Å². The van der Waals surface area contributed by atoms with Crippen LogP contribution in [0.1, 0.15) is 61.3 Å². The largest absolute Gasteiger partial charge is 0.293 e. The lowest BCUT2D eigenvalue weighted by Gasteiger charge is -2.33. The highest BCUT2D eigenvalue weighted by Crippen LogP contribution is 2.66. The molecule has 2 aliphatic carbocycles. The first-order chi connectivity index (χ1) is 13.4. The first-order valence-corrected chi connectivity index (χ1v) is 10.8. The van der Waals surface area contributed by atoms with Crippen LogP contribution < -0.4 is 0 Å². The molecule has 0 aliphatic heterocycles. The van der Waals surface area contributed by atoms with Crippen molar-refractivity contribution in [2.24, 2.45) is 5.41 Å². The molecule has 3 aromatic rings. The number of benzene rings is 2. The number of Topliss-reactive ketones (excluding diaryl/α,β-unsaturated/α-hetero) is 1. The zero-order valence-electron chi connectivity index (χ0n) is 16.4. The number of hydrogen-bond acceptors (Lipinski definition) is 5. The molecule has 28 heavy (non-hydrogen) atoms. The fourth-order valence-electron chi connectivity index (χ4n) is 5.00. The molecule has 0 spiro atoms. The Balaban J connectivity index is 1.36. The van der Waals surface area contributed by atoms with Gasteiger partial charge in [0.1, 0.15) is 0 Å². The Morgan fingerprint density at radius 3 is 2.71 bits per heavy atom. The van der Waals surface area contributed by atoms with Gasteiger partial charge in [-0.05, 0) is 35.1 Å². The molecule has 0 radical (unpaired) electrons. The van der Waals surface area contributed by atoms with E-state index in [9.17, 15) is 4.79 Å². The molecule has 2 aliphatic rings. The first-order valence-electron chi connectivity index (χ1n) is 9.80. The average molecular weight is 390 g/mol. The summed E-state index contributed by atoms with van der Waals surface area (Å²) in [5, 5.41) is 11.7.